The minimum absolute atomic E-state index is 0.0337. The molecular weight excluding hydrogens is 446 g/mol. The van der Waals surface area contributed by atoms with Gasteiger partial charge < -0.3 is 18.5 Å². The maximum Gasteiger partial charge on any atom is 0.277 e. The Kier molecular flexibility index (Phi) is 6.66. The molecule has 7 nitrogen and oxygen atoms in total. The lowest BCUT2D eigenvalue weighted by atomic mass is 10.2. The van der Waals surface area contributed by atoms with E-state index in [1.807, 2.05) is 32.0 Å². The number of nitrogens with zero attached hydrogens (tertiary/aromatic N) is 3. The standard InChI is InChI=1S/C23H23N3O4S2/c1-14-10-18(15(2)26(14)12-17-6-5-9-31-17)19(27)13-32-23-25-24-22(30-23)16-7-8-20(28-3)21(11-16)29-4/h5-11H,12-13H2,1-4H3. The van der Waals surface area contributed by atoms with Crippen LogP contribution >= 0.6 is 23.1 Å². The fourth-order valence-corrected chi connectivity index (χ4v) is 4.78. The van der Waals surface area contributed by atoms with Crippen molar-refractivity contribution in [1.82, 2.24) is 14.8 Å². The summed E-state index contributed by atoms with van der Waals surface area (Å²) in [5, 5.41) is 10.6. The van der Waals surface area contributed by atoms with Crippen LogP contribution in [0.4, 0.5) is 0 Å². The number of thioether (sulfide) groups is 1. The lowest BCUT2D eigenvalue weighted by Gasteiger charge is -2.08. The van der Waals surface area contributed by atoms with E-state index in [0.717, 1.165) is 23.5 Å². The molecule has 0 aliphatic carbocycles. The molecule has 0 saturated heterocycles. The molecule has 0 saturated carbocycles. The molecule has 0 atom stereocenters. The Morgan fingerprint density at radius 1 is 1.12 bits per heavy atom. The summed E-state index contributed by atoms with van der Waals surface area (Å²) in [6.45, 7) is 4.78. The maximum absolute atomic E-state index is 12.9. The van der Waals surface area contributed by atoms with Gasteiger partial charge in [0.1, 0.15) is 0 Å². The second kappa shape index (κ2) is 9.62. The lowest BCUT2D eigenvalue weighted by Crippen LogP contribution is -2.07. The second-order valence-electron chi connectivity index (χ2n) is 7.11. The number of carbonyl (C=O) groups is 1. The highest BCUT2D eigenvalue weighted by molar-refractivity contribution is 7.99. The number of carbonyl (C=O) groups excluding carboxylic acids is 1. The van der Waals surface area contributed by atoms with Crippen molar-refractivity contribution < 1.29 is 18.7 Å². The number of aryl methyl sites for hydroxylation is 1. The van der Waals surface area contributed by atoms with E-state index in [9.17, 15) is 4.79 Å². The van der Waals surface area contributed by atoms with E-state index < -0.39 is 0 Å². The van der Waals surface area contributed by atoms with Crippen molar-refractivity contribution in [2.45, 2.75) is 25.6 Å². The summed E-state index contributed by atoms with van der Waals surface area (Å²) in [5.41, 5.74) is 3.48. The summed E-state index contributed by atoms with van der Waals surface area (Å²) in [4.78, 5) is 14.1. The lowest BCUT2D eigenvalue weighted by molar-refractivity contribution is 0.102. The van der Waals surface area contributed by atoms with Crippen LogP contribution in [0, 0.1) is 13.8 Å². The normalized spacial score (nSPS) is 11.0. The minimum Gasteiger partial charge on any atom is -0.493 e. The van der Waals surface area contributed by atoms with E-state index in [1.165, 1.54) is 16.6 Å². The van der Waals surface area contributed by atoms with Crippen molar-refractivity contribution in [3.63, 3.8) is 0 Å². The van der Waals surface area contributed by atoms with Crippen molar-refractivity contribution in [1.29, 1.82) is 0 Å². The van der Waals surface area contributed by atoms with Crippen LogP contribution in [0.3, 0.4) is 0 Å². The smallest absolute Gasteiger partial charge is 0.277 e. The summed E-state index contributed by atoms with van der Waals surface area (Å²) < 4.78 is 18.5. The number of thiophene rings is 1. The topological polar surface area (TPSA) is 79.4 Å². The van der Waals surface area contributed by atoms with Gasteiger partial charge in [-0.15, -0.1) is 21.5 Å². The number of ketones is 1. The molecule has 3 aromatic heterocycles. The highest BCUT2D eigenvalue weighted by Gasteiger charge is 2.18. The van der Waals surface area contributed by atoms with Crippen LogP contribution in [0.2, 0.25) is 0 Å². The molecular formula is C23H23N3O4S2. The Bertz CT molecular complexity index is 1230. The number of ether oxygens (including phenoxy) is 2. The fraction of sp³-hybridized carbons (Fsp3) is 0.261. The molecule has 4 aromatic rings. The van der Waals surface area contributed by atoms with E-state index in [2.05, 4.69) is 26.2 Å². The van der Waals surface area contributed by atoms with Gasteiger partial charge in [-0.1, -0.05) is 17.8 Å². The highest BCUT2D eigenvalue weighted by atomic mass is 32.2. The molecule has 0 fully saturated rings. The average molecular weight is 470 g/mol. The Balaban J connectivity index is 1.44. The molecule has 166 valence electrons. The molecule has 0 aliphatic rings. The summed E-state index contributed by atoms with van der Waals surface area (Å²) >= 11 is 2.95. The molecule has 0 unspecified atom stereocenters. The maximum atomic E-state index is 12.9. The molecule has 0 radical (unpaired) electrons. The van der Waals surface area contributed by atoms with Gasteiger partial charge in [-0.2, -0.15) is 0 Å². The Morgan fingerprint density at radius 3 is 2.66 bits per heavy atom. The van der Waals surface area contributed by atoms with Crippen molar-refractivity contribution in [3.05, 3.63) is 63.6 Å². The third-order valence-corrected chi connectivity index (χ3v) is 6.81. The van der Waals surface area contributed by atoms with Crippen molar-refractivity contribution in [2.24, 2.45) is 0 Å². The average Bonchev–Trinajstić information content (AvgIpc) is 3.55. The largest absolute Gasteiger partial charge is 0.493 e. The van der Waals surface area contributed by atoms with Crippen molar-refractivity contribution in [2.75, 3.05) is 20.0 Å². The number of Topliss-reactive ketones (excluding diaryl/α,β-unsaturated/α-hetero) is 1. The highest BCUT2D eigenvalue weighted by Crippen LogP contribution is 2.33. The fourth-order valence-electron chi connectivity index (χ4n) is 3.44. The summed E-state index contributed by atoms with van der Waals surface area (Å²) in [5.74, 6) is 1.80. The molecule has 1 aromatic carbocycles. The molecule has 32 heavy (non-hydrogen) atoms. The molecule has 4 rings (SSSR count). The Morgan fingerprint density at radius 2 is 1.94 bits per heavy atom. The molecule has 0 spiro atoms. The Labute approximate surface area is 194 Å². The van der Waals surface area contributed by atoms with Gasteiger partial charge in [-0.05, 0) is 49.6 Å². The first kappa shape index (κ1) is 22.2. The minimum atomic E-state index is 0.0337. The van der Waals surface area contributed by atoms with E-state index in [0.29, 0.717) is 28.2 Å². The second-order valence-corrected chi connectivity index (χ2v) is 9.06. The van der Waals surface area contributed by atoms with Gasteiger partial charge in [0.2, 0.25) is 5.89 Å². The quantitative estimate of drug-likeness (QED) is 0.244. The zero-order chi connectivity index (χ0) is 22.7. The molecule has 9 heteroatoms. The summed E-state index contributed by atoms with van der Waals surface area (Å²) in [6, 6.07) is 11.5. The first-order chi connectivity index (χ1) is 15.5. The molecule has 0 N–H and O–H groups in total. The number of methoxy groups -OCH3 is 2. The van der Waals surface area contributed by atoms with Gasteiger partial charge in [0.25, 0.3) is 5.22 Å². The van der Waals surface area contributed by atoms with Gasteiger partial charge in [0, 0.05) is 27.4 Å². The molecule has 0 aliphatic heterocycles. The predicted molar refractivity (Wildman–Crippen MR) is 125 cm³/mol. The number of hydrogen-bond donors (Lipinski definition) is 0. The van der Waals surface area contributed by atoms with Gasteiger partial charge >= 0.3 is 0 Å². The van der Waals surface area contributed by atoms with Crippen LogP contribution in [0.25, 0.3) is 11.5 Å². The van der Waals surface area contributed by atoms with Crippen molar-refractivity contribution >= 4 is 28.9 Å². The molecule has 0 bridgehead atoms. The van der Waals surface area contributed by atoms with Crippen LogP contribution in [0.1, 0.15) is 26.6 Å². The van der Waals surface area contributed by atoms with Gasteiger partial charge in [0.15, 0.2) is 17.3 Å². The zero-order valence-corrected chi connectivity index (χ0v) is 19.9. The van der Waals surface area contributed by atoms with Gasteiger partial charge in [-0.25, -0.2) is 0 Å². The van der Waals surface area contributed by atoms with Crippen LogP contribution in [0.15, 0.2) is 51.4 Å². The summed E-state index contributed by atoms with van der Waals surface area (Å²) in [6.07, 6.45) is 0. The van der Waals surface area contributed by atoms with Gasteiger partial charge in [0.05, 0.1) is 26.5 Å². The number of rotatable bonds is 9. The third kappa shape index (κ3) is 4.58. The number of aromatic nitrogens is 3. The van der Waals surface area contributed by atoms with E-state index in [1.54, 1.807) is 37.7 Å². The first-order valence-electron chi connectivity index (χ1n) is 9.91. The summed E-state index contributed by atoms with van der Waals surface area (Å²) in [7, 11) is 3.15. The SMILES string of the molecule is COc1ccc(-c2nnc(SCC(=O)c3cc(C)n(Cc4cccs4)c3C)o2)cc1OC. The number of hydrogen-bond acceptors (Lipinski definition) is 8. The van der Waals surface area contributed by atoms with Crippen LogP contribution in [0.5, 0.6) is 11.5 Å². The van der Waals surface area contributed by atoms with E-state index in [-0.39, 0.29) is 11.5 Å². The van der Waals surface area contributed by atoms with Crippen molar-refractivity contribution in [3.8, 4) is 23.0 Å². The number of benzene rings is 1. The Hall–Kier alpha value is -3.04. The predicted octanol–water partition coefficient (Wildman–Crippen LogP) is 5.26. The van der Waals surface area contributed by atoms with Crippen LogP contribution < -0.4 is 9.47 Å². The van der Waals surface area contributed by atoms with Gasteiger partial charge in [-0.3, -0.25) is 4.79 Å². The van der Waals surface area contributed by atoms with Crippen LogP contribution in [-0.4, -0.2) is 40.5 Å². The van der Waals surface area contributed by atoms with E-state index >= 15 is 0 Å². The monoisotopic (exact) mass is 469 g/mol. The third-order valence-electron chi connectivity index (χ3n) is 5.13. The zero-order valence-electron chi connectivity index (χ0n) is 18.2. The van der Waals surface area contributed by atoms with E-state index in [4.69, 9.17) is 13.9 Å². The molecule has 0 amide bonds. The first-order valence-corrected chi connectivity index (χ1v) is 11.8. The van der Waals surface area contributed by atoms with Crippen LogP contribution in [-0.2, 0) is 6.54 Å². The molecule has 3 heterocycles.